The molecule has 506 valence electrons. The molecule has 0 unspecified atom stereocenters. The molecular weight excluding hydrogens is 1330 g/mol. The predicted molar refractivity (Wildman–Crippen MR) is 447 cm³/mol. The lowest BCUT2D eigenvalue weighted by molar-refractivity contribution is 1.06. The zero-order valence-electron chi connectivity index (χ0n) is 58.9. The van der Waals surface area contributed by atoms with Crippen molar-refractivity contribution in [3.8, 4) is 141 Å². The molecule has 0 bridgehead atoms. The second-order valence-electron chi connectivity index (χ2n) is 27.7. The van der Waals surface area contributed by atoms with Gasteiger partial charge in [-0.2, -0.15) is 10.5 Å². The highest BCUT2D eigenvalue weighted by atomic mass is 15.1. The van der Waals surface area contributed by atoms with E-state index in [9.17, 15) is 10.5 Å². The lowest BCUT2D eigenvalue weighted by Crippen LogP contribution is -2.05. The maximum atomic E-state index is 12.3. The van der Waals surface area contributed by atoms with Gasteiger partial charge in [0.25, 0.3) is 0 Å². The van der Waals surface area contributed by atoms with Crippen LogP contribution >= 0.6 is 0 Å². The Hall–Kier alpha value is -15.1. The van der Waals surface area contributed by atoms with Crippen LogP contribution in [0.3, 0.4) is 0 Å². The van der Waals surface area contributed by atoms with Crippen LogP contribution in [0.5, 0.6) is 0 Å². The third-order valence-electron chi connectivity index (χ3n) is 21.4. The molecule has 4 heterocycles. The molecule has 0 aliphatic heterocycles. The van der Waals surface area contributed by atoms with Crippen LogP contribution in [-0.4, -0.2) is 28.7 Å². The van der Waals surface area contributed by atoms with E-state index in [0.29, 0.717) is 45.3 Å². The zero-order valence-corrected chi connectivity index (χ0v) is 58.9. The molecule has 20 rings (SSSR count). The van der Waals surface area contributed by atoms with Gasteiger partial charge >= 0.3 is 0 Å². The first-order valence-electron chi connectivity index (χ1n) is 36.6. The van der Waals surface area contributed by atoms with Gasteiger partial charge in [-0.15, -0.1) is 0 Å². The molecule has 0 spiro atoms. The van der Waals surface area contributed by atoms with E-state index in [1.165, 1.54) is 0 Å². The molecule has 16 aromatic carbocycles. The van der Waals surface area contributed by atoms with Crippen molar-refractivity contribution in [3.05, 3.63) is 387 Å². The van der Waals surface area contributed by atoms with E-state index >= 15 is 0 Å². The lowest BCUT2D eigenvalue weighted by atomic mass is 9.94. The van der Waals surface area contributed by atoms with Gasteiger partial charge < -0.3 is 13.7 Å². The summed E-state index contributed by atoms with van der Waals surface area (Å²) in [6.45, 7) is 0. The molecule has 0 N–H and O–H groups in total. The molecule has 0 radical (unpaired) electrons. The van der Waals surface area contributed by atoms with Crippen molar-refractivity contribution in [2.45, 2.75) is 0 Å². The fraction of sp³-hybridized carbons (Fsp3) is 0. The minimum atomic E-state index is 0.376. The van der Waals surface area contributed by atoms with Crippen molar-refractivity contribution >= 4 is 65.4 Å². The summed E-state index contributed by atoms with van der Waals surface area (Å²) in [5.74, 6) is 1.22. The molecule has 20 aromatic rings. The molecule has 8 heteroatoms. The Bertz CT molecular complexity index is 6780. The topological polar surface area (TPSA) is 101 Å². The van der Waals surface area contributed by atoms with E-state index < -0.39 is 0 Å². The van der Waals surface area contributed by atoms with Crippen molar-refractivity contribution in [1.29, 1.82) is 10.5 Å². The summed E-state index contributed by atoms with van der Waals surface area (Å²) in [4.78, 5) is 16.5. The van der Waals surface area contributed by atoms with Crippen LogP contribution in [-0.2, 0) is 0 Å². The molecular formula is C101H62N8. The van der Waals surface area contributed by atoms with Gasteiger partial charge in [0.1, 0.15) is 6.07 Å². The fourth-order valence-electron chi connectivity index (χ4n) is 16.2. The molecule has 0 aliphatic rings. The van der Waals surface area contributed by atoms with Crippen LogP contribution in [0, 0.1) is 22.7 Å². The Morgan fingerprint density at radius 2 is 0.486 bits per heavy atom. The molecule has 0 aliphatic carbocycles. The van der Waals surface area contributed by atoms with Gasteiger partial charge in [-0.1, -0.05) is 261 Å². The molecule has 0 saturated carbocycles. The summed E-state index contributed by atoms with van der Waals surface area (Å²) in [5.41, 5.74) is 26.0. The minimum Gasteiger partial charge on any atom is -0.309 e. The number of aromatic nitrogens is 6. The highest BCUT2D eigenvalue weighted by Gasteiger charge is 2.27. The smallest absolute Gasteiger partial charge is 0.166 e. The van der Waals surface area contributed by atoms with Crippen LogP contribution in [0.15, 0.2) is 376 Å². The van der Waals surface area contributed by atoms with Gasteiger partial charge in [0.15, 0.2) is 17.5 Å². The SMILES string of the molecule is N#Cc1ccc(-n2c3ccc(-c4ccccc4)cc3c3cc(-c4ccccc4)ccc32)c(-c2nc(-c3ccccc3)nc(-c3ccc(-n4c5ccc(-c6ccccc6)cc5c5cc(-c6ccccc6)ccc54)c(-c4cccc(-n5c6ccc(-c7ccccc7)cc6c6cc(-c7ccccc7)ccc65)c4C#N)c3)n2)c1. The Morgan fingerprint density at radius 3 is 0.826 bits per heavy atom. The number of hydrogen-bond donors (Lipinski definition) is 0. The van der Waals surface area contributed by atoms with E-state index in [4.69, 9.17) is 15.0 Å². The van der Waals surface area contributed by atoms with Gasteiger partial charge in [0.2, 0.25) is 0 Å². The molecule has 4 aromatic heterocycles. The Balaban J connectivity index is 0.841. The largest absolute Gasteiger partial charge is 0.309 e. The second-order valence-corrected chi connectivity index (χ2v) is 27.7. The van der Waals surface area contributed by atoms with Crippen LogP contribution in [0.1, 0.15) is 11.1 Å². The standard InChI is InChI=1S/C101H62N8/c102-63-65-39-47-98(109-96-52-44-77(70-31-16-5-17-32-70)60-86(96)87-61-78(45-53-97(87)109)71-33-18-6-19-34-71)88(55-65)101-105-99(72-35-20-7-21-36-72)104-100(106-101)79-46-54-91(108-94-50-42-75(68-27-12-3-13-28-68)58-84(94)85-59-76(43-51-95(85)108)69-29-14-4-15-30-69)81(62-79)80-37-22-38-90(89(80)64-103)107-92-48-40-73(66-23-8-1-9-24-66)56-82(92)83-57-74(41-49-93(83)107)67-25-10-2-11-26-67/h1-62H. The monoisotopic (exact) mass is 1390 g/mol. The van der Waals surface area contributed by atoms with Crippen molar-refractivity contribution < 1.29 is 0 Å². The van der Waals surface area contributed by atoms with E-state index in [1.54, 1.807) is 0 Å². The third-order valence-corrected chi connectivity index (χ3v) is 21.4. The van der Waals surface area contributed by atoms with Gasteiger partial charge in [0.05, 0.1) is 67.4 Å². The summed E-state index contributed by atoms with van der Waals surface area (Å²) in [5, 5.41) is 29.7. The van der Waals surface area contributed by atoms with Gasteiger partial charge in [0, 0.05) is 60.1 Å². The summed E-state index contributed by atoms with van der Waals surface area (Å²) >= 11 is 0. The molecule has 0 amide bonds. The Kier molecular flexibility index (Phi) is 15.5. The normalized spacial score (nSPS) is 11.5. The number of hydrogen-bond acceptors (Lipinski definition) is 5. The fourth-order valence-corrected chi connectivity index (χ4v) is 16.2. The Labute approximate surface area is 629 Å². The van der Waals surface area contributed by atoms with Crippen molar-refractivity contribution in [1.82, 2.24) is 28.7 Å². The van der Waals surface area contributed by atoms with Crippen molar-refractivity contribution in [2.24, 2.45) is 0 Å². The highest BCUT2D eigenvalue weighted by Crippen LogP contribution is 2.46. The number of fused-ring (bicyclic) bond motifs is 9. The van der Waals surface area contributed by atoms with Crippen molar-refractivity contribution in [2.75, 3.05) is 0 Å². The molecule has 109 heavy (non-hydrogen) atoms. The summed E-state index contributed by atoms with van der Waals surface area (Å²) in [7, 11) is 0. The van der Waals surface area contributed by atoms with Gasteiger partial charge in [-0.05, 0) is 182 Å². The van der Waals surface area contributed by atoms with Crippen molar-refractivity contribution in [3.63, 3.8) is 0 Å². The summed E-state index contributed by atoms with van der Waals surface area (Å²) in [6.07, 6.45) is 0. The Morgan fingerprint density at radius 1 is 0.193 bits per heavy atom. The van der Waals surface area contributed by atoms with Gasteiger partial charge in [-0.3, -0.25) is 0 Å². The van der Waals surface area contributed by atoms with E-state index in [0.717, 1.165) is 160 Å². The maximum Gasteiger partial charge on any atom is 0.166 e. The number of rotatable bonds is 13. The lowest BCUT2D eigenvalue weighted by Gasteiger charge is -2.19. The maximum absolute atomic E-state index is 12.3. The first-order valence-corrected chi connectivity index (χ1v) is 36.6. The van der Waals surface area contributed by atoms with Crippen LogP contribution in [0.4, 0.5) is 0 Å². The molecule has 0 saturated heterocycles. The van der Waals surface area contributed by atoms with Crippen LogP contribution < -0.4 is 0 Å². The first-order chi connectivity index (χ1) is 53.9. The quantitative estimate of drug-likeness (QED) is 0.114. The van der Waals surface area contributed by atoms with E-state index in [-0.39, 0.29) is 0 Å². The predicted octanol–water partition coefficient (Wildman–Crippen LogP) is 25.6. The van der Waals surface area contributed by atoms with E-state index in [1.807, 2.05) is 72.8 Å². The van der Waals surface area contributed by atoms with Crippen LogP contribution in [0.25, 0.3) is 195 Å². The average Bonchev–Trinajstić information content (AvgIpc) is 1.61. The van der Waals surface area contributed by atoms with E-state index in [2.05, 4.69) is 329 Å². The molecule has 0 atom stereocenters. The number of nitrogens with zero attached hydrogens (tertiary/aromatic N) is 8. The van der Waals surface area contributed by atoms with Gasteiger partial charge in [-0.25, -0.2) is 15.0 Å². The second kappa shape index (κ2) is 26.6. The molecule has 8 nitrogen and oxygen atoms in total. The number of nitriles is 2. The molecule has 0 fully saturated rings. The highest BCUT2D eigenvalue weighted by molar-refractivity contribution is 6.15. The number of benzene rings is 16. The first kappa shape index (κ1) is 63.6. The van der Waals surface area contributed by atoms with Crippen LogP contribution in [0.2, 0.25) is 0 Å². The minimum absolute atomic E-state index is 0.376. The zero-order chi connectivity index (χ0) is 72.5. The summed E-state index contributed by atoms with van der Waals surface area (Å²) < 4.78 is 6.93. The third kappa shape index (κ3) is 11.1. The average molecular weight is 1390 g/mol. The summed E-state index contributed by atoms with van der Waals surface area (Å²) in [6, 6.07) is 137.